The van der Waals surface area contributed by atoms with E-state index in [0.717, 1.165) is 12.0 Å². The average molecular weight is 337 g/mol. The molecule has 0 radical (unpaired) electrons. The van der Waals surface area contributed by atoms with Gasteiger partial charge in [-0.3, -0.25) is 4.72 Å². The van der Waals surface area contributed by atoms with Gasteiger partial charge in [0, 0.05) is 6.54 Å². The van der Waals surface area contributed by atoms with Crippen LogP contribution >= 0.6 is 0 Å². The van der Waals surface area contributed by atoms with Gasteiger partial charge >= 0.3 is 0 Å². The minimum absolute atomic E-state index is 0.0880. The normalized spacial score (nSPS) is 11.2. The van der Waals surface area contributed by atoms with Crippen molar-refractivity contribution < 1.29 is 12.8 Å². The quantitative estimate of drug-likeness (QED) is 0.777. The summed E-state index contributed by atoms with van der Waals surface area (Å²) in [4.78, 5) is 4.17. The number of sulfonamides is 1. The van der Waals surface area contributed by atoms with Gasteiger partial charge in [-0.25, -0.2) is 17.8 Å². The van der Waals surface area contributed by atoms with Crippen LogP contribution in [0.1, 0.15) is 18.9 Å². The Morgan fingerprint density at radius 2 is 1.87 bits per heavy atom. The summed E-state index contributed by atoms with van der Waals surface area (Å²) in [7, 11) is -3.30. The van der Waals surface area contributed by atoms with Crippen LogP contribution in [0.3, 0.4) is 0 Å². The average Bonchev–Trinajstić information content (AvgIpc) is 2.50. The van der Waals surface area contributed by atoms with Crippen LogP contribution < -0.4 is 10.0 Å². The monoisotopic (exact) mass is 337 g/mol. The molecule has 0 spiro atoms. The molecule has 2 rings (SSSR count). The Balaban J connectivity index is 1.84. The molecule has 0 saturated carbocycles. The molecule has 7 heteroatoms. The van der Waals surface area contributed by atoms with Crippen LogP contribution in [0.4, 0.5) is 15.9 Å². The molecule has 2 aromatic rings. The van der Waals surface area contributed by atoms with E-state index in [1.54, 1.807) is 24.3 Å². The molecule has 2 N–H and O–H groups in total. The molecule has 5 nitrogen and oxygen atoms in total. The van der Waals surface area contributed by atoms with Gasteiger partial charge < -0.3 is 5.32 Å². The van der Waals surface area contributed by atoms with Crippen LogP contribution in [-0.2, 0) is 16.4 Å². The molecule has 0 aliphatic heterocycles. The fourth-order valence-corrected chi connectivity index (χ4v) is 3.16. The fraction of sp³-hybridized carbons (Fsp3) is 0.312. The highest BCUT2D eigenvalue weighted by molar-refractivity contribution is 7.92. The maximum absolute atomic E-state index is 12.8. The Hall–Kier alpha value is -2.15. The SMILES string of the molecule is CCCS(=O)(=O)Nc1ccc(NCCc2ccc(F)cc2)nc1. The molecule has 0 aliphatic rings. The number of anilines is 2. The van der Waals surface area contributed by atoms with Gasteiger partial charge in [0.2, 0.25) is 10.0 Å². The molecule has 0 unspecified atom stereocenters. The smallest absolute Gasteiger partial charge is 0.232 e. The van der Waals surface area contributed by atoms with Crippen LogP contribution in [0.2, 0.25) is 0 Å². The minimum atomic E-state index is -3.30. The van der Waals surface area contributed by atoms with Crippen molar-refractivity contribution in [3.63, 3.8) is 0 Å². The second kappa shape index (κ2) is 7.92. The summed E-state index contributed by atoms with van der Waals surface area (Å²) in [6.07, 6.45) is 2.78. The lowest BCUT2D eigenvalue weighted by molar-refractivity contribution is 0.600. The van der Waals surface area contributed by atoms with E-state index in [1.165, 1.54) is 18.3 Å². The van der Waals surface area contributed by atoms with Crippen molar-refractivity contribution in [3.05, 3.63) is 54.0 Å². The zero-order valence-electron chi connectivity index (χ0n) is 12.9. The van der Waals surface area contributed by atoms with Gasteiger partial charge in [-0.2, -0.15) is 0 Å². The van der Waals surface area contributed by atoms with E-state index in [2.05, 4.69) is 15.0 Å². The van der Waals surface area contributed by atoms with Gasteiger partial charge in [0.05, 0.1) is 17.6 Å². The predicted octanol–water partition coefficient (Wildman–Crippen LogP) is 3.03. The van der Waals surface area contributed by atoms with Crippen LogP contribution in [0, 0.1) is 5.82 Å². The highest BCUT2D eigenvalue weighted by Gasteiger charge is 2.08. The minimum Gasteiger partial charge on any atom is -0.370 e. The Morgan fingerprint density at radius 3 is 2.48 bits per heavy atom. The van der Waals surface area contributed by atoms with Crippen LogP contribution in [0.25, 0.3) is 0 Å². The van der Waals surface area contributed by atoms with E-state index in [4.69, 9.17) is 0 Å². The standard InChI is InChI=1S/C16H20FN3O2S/c1-2-11-23(21,22)20-15-7-8-16(19-12-15)18-10-9-13-3-5-14(17)6-4-13/h3-8,12,20H,2,9-11H2,1H3,(H,18,19). The molecule has 0 atom stereocenters. The largest absolute Gasteiger partial charge is 0.370 e. The molecule has 1 aromatic heterocycles. The summed E-state index contributed by atoms with van der Waals surface area (Å²) < 4.78 is 38.6. The third-order valence-electron chi connectivity index (χ3n) is 3.14. The number of rotatable bonds is 8. The van der Waals surface area contributed by atoms with E-state index in [1.807, 2.05) is 6.92 Å². The molecule has 23 heavy (non-hydrogen) atoms. The van der Waals surface area contributed by atoms with Gasteiger partial charge in [0.1, 0.15) is 11.6 Å². The summed E-state index contributed by atoms with van der Waals surface area (Å²) in [5.74, 6) is 0.500. The molecular formula is C16H20FN3O2S. The number of benzene rings is 1. The highest BCUT2D eigenvalue weighted by atomic mass is 32.2. The van der Waals surface area contributed by atoms with Crippen molar-refractivity contribution in [2.75, 3.05) is 22.3 Å². The third kappa shape index (κ3) is 5.86. The number of aromatic nitrogens is 1. The zero-order valence-corrected chi connectivity index (χ0v) is 13.7. The van der Waals surface area contributed by atoms with E-state index in [0.29, 0.717) is 24.5 Å². The first kappa shape index (κ1) is 17.2. The number of pyridine rings is 1. The van der Waals surface area contributed by atoms with Crippen molar-refractivity contribution in [2.45, 2.75) is 19.8 Å². The van der Waals surface area contributed by atoms with Gasteiger partial charge in [0.15, 0.2) is 0 Å². The summed E-state index contributed by atoms with van der Waals surface area (Å²) in [5.41, 5.74) is 1.48. The summed E-state index contributed by atoms with van der Waals surface area (Å²) in [6.45, 7) is 2.46. The lowest BCUT2D eigenvalue weighted by atomic mass is 10.1. The Kier molecular flexibility index (Phi) is 5.92. The van der Waals surface area contributed by atoms with Crippen LogP contribution in [0.5, 0.6) is 0 Å². The summed E-state index contributed by atoms with van der Waals surface area (Å²) in [5, 5.41) is 3.14. The van der Waals surface area contributed by atoms with Gasteiger partial charge in [-0.15, -0.1) is 0 Å². The molecule has 0 saturated heterocycles. The molecule has 0 aliphatic carbocycles. The number of nitrogens with one attached hydrogen (secondary N) is 2. The second-order valence-electron chi connectivity index (χ2n) is 5.16. The fourth-order valence-electron chi connectivity index (χ4n) is 2.04. The van der Waals surface area contributed by atoms with Gasteiger partial charge in [0.25, 0.3) is 0 Å². The van der Waals surface area contributed by atoms with E-state index < -0.39 is 10.0 Å². The number of halogens is 1. The molecule has 124 valence electrons. The number of hydrogen-bond donors (Lipinski definition) is 2. The molecule has 1 aromatic carbocycles. The van der Waals surface area contributed by atoms with Crippen LogP contribution in [-0.4, -0.2) is 25.7 Å². The lowest BCUT2D eigenvalue weighted by Crippen LogP contribution is -2.16. The van der Waals surface area contributed by atoms with Crippen LogP contribution in [0.15, 0.2) is 42.6 Å². The Morgan fingerprint density at radius 1 is 1.13 bits per heavy atom. The van der Waals surface area contributed by atoms with Crippen molar-refractivity contribution in [2.24, 2.45) is 0 Å². The molecule has 0 amide bonds. The summed E-state index contributed by atoms with van der Waals surface area (Å²) in [6, 6.07) is 9.75. The second-order valence-corrected chi connectivity index (χ2v) is 7.00. The molecule has 1 heterocycles. The Bertz CT molecular complexity index is 716. The van der Waals surface area contributed by atoms with E-state index >= 15 is 0 Å². The maximum Gasteiger partial charge on any atom is 0.232 e. The van der Waals surface area contributed by atoms with E-state index in [-0.39, 0.29) is 11.6 Å². The molecular weight excluding hydrogens is 317 g/mol. The van der Waals surface area contributed by atoms with Gasteiger partial charge in [-0.05, 0) is 42.7 Å². The zero-order chi connectivity index (χ0) is 16.7. The summed E-state index contributed by atoms with van der Waals surface area (Å²) >= 11 is 0. The first-order chi connectivity index (χ1) is 11.0. The third-order valence-corrected chi connectivity index (χ3v) is 4.64. The van der Waals surface area contributed by atoms with Crippen molar-refractivity contribution >= 4 is 21.5 Å². The van der Waals surface area contributed by atoms with Crippen molar-refractivity contribution in [3.8, 4) is 0 Å². The lowest BCUT2D eigenvalue weighted by Gasteiger charge is -2.09. The Labute approximate surface area is 136 Å². The van der Waals surface area contributed by atoms with Crippen molar-refractivity contribution in [1.82, 2.24) is 4.98 Å². The highest BCUT2D eigenvalue weighted by Crippen LogP contribution is 2.12. The topological polar surface area (TPSA) is 71.1 Å². The first-order valence-electron chi connectivity index (χ1n) is 7.43. The number of nitrogens with zero attached hydrogens (tertiary/aromatic N) is 1. The number of hydrogen-bond acceptors (Lipinski definition) is 4. The molecule has 0 fully saturated rings. The van der Waals surface area contributed by atoms with Gasteiger partial charge in [-0.1, -0.05) is 19.1 Å². The van der Waals surface area contributed by atoms with Crippen molar-refractivity contribution in [1.29, 1.82) is 0 Å². The maximum atomic E-state index is 12.8. The first-order valence-corrected chi connectivity index (χ1v) is 9.08. The van der Waals surface area contributed by atoms with E-state index in [9.17, 15) is 12.8 Å². The predicted molar refractivity (Wildman–Crippen MR) is 90.5 cm³/mol. The molecule has 0 bridgehead atoms.